The van der Waals surface area contributed by atoms with Crippen LogP contribution in [0.15, 0.2) is 97.5 Å². The number of hydrogen-bond donors (Lipinski definition) is 4. The summed E-state index contributed by atoms with van der Waals surface area (Å²) in [7, 11) is 0. The Balaban J connectivity index is 1.16. The van der Waals surface area contributed by atoms with E-state index in [0.29, 0.717) is 11.1 Å². The van der Waals surface area contributed by atoms with Crippen molar-refractivity contribution in [3.8, 4) is 0 Å². The number of nitrogens with two attached hydrogens (primary N) is 1. The van der Waals surface area contributed by atoms with E-state index < -0.39 is 78.0 Å². The number of nitrogens with one attached hydrogen (secondary N) is 3. The summed E-state index contributed by atoms with van der Waals surface area (Å²) in [5.41, 5.74) is 7.62. The van der Waals surface area contributed by atoms with Crippen molar-refractivity contribution in [3.63, 3.8) is 0 Å². The molecule has 0 aliphatic carbocycles. The van der Waals surface area contributed by atoms with Crippen LogP contribution in [0.1, 0.15) is 47.1 Å². The molecule has 3 aromatic carbocycles. The number of morpholine rings is 1. The highest BCUT2D eigenvalue weighted by Gasteiger charge is 2.35. The van der Waals surface area contributed by atoms with Crippen molar-refractivity contribution in [1.82, 2.24) is 15.6 Å². The first kappa shape index (κ1) is 39.9. The predicted molar refractivity (Wildman–Crippen MR) is 184 cm³/mol. The van der Waals surface area contributed by atoms with Gasteiger partial charge in [-0.15, -0.1) is 0 Å². The number of carbonyl (C=O) groups is 2. The van der Waals surface area contributed by atoms with Gasteiger partial charge in [0.15, 0.2) is 0 Å². The number of pyridine rings is 1. The molecule has 0 spiro atoms. The molecular weight excluding hydrogens is 723 g/mol. The zero-order valence-corrected chi connectivity index (χ0v) is 28.5. The van der Waals surface area contributed by atoms with Gasteiger partial charge in [-0.25, -0.2) is 22.4 Å². The van der Waals surface area contributed by atoms with Gasteiger partial charge in [0, 0.05) is 18.0 Å². The lowest BCUT2D eigenvalue weighted by Crippen LogP contribution is -2.48. The minimum Gasteiger partial charge on any atom is -0.414 e. The lowest BCUT2D eigenvalue weighted by atomic mass is 9.85. The van der Waals surface area contributed by atoms with E-state index in [1.165, 1.54) is 54.7 Å². The number of amides is 2. The van der Waals surface area contributed by atoms with Crippen LogP contribution < -0.4 is 21.7 Å². The molecular formula is C38H36F7N5O4. The Morgan fingerprint density at radius 1 is 0.907 bits per heavy atom. The zero-order valence-electron chi connectivity index (χ0n) is 28.5. The molecule has 1 saturated heterocycles. The van der Waals surface area contributed by atoms with E-state index in [-0.39, 0.29) is 48.6 Å². The van der Waals surface area contributed by atoms with Gasteiger partial charge in [-0.1, -0.05) is 43.0 Å². The van der Waals surface area contributed by atoms with Crippen LogP contribution in [0.25, 0.3) is 0 Å². The summed E-state index contributed by atoms with van der Waals surface area (Å²) < 4.78 is 106. The molecule has 4 unspecified atom stereocenters. The molecule has 5 rings (SSSR count). The molecule has 1 aliphatic heterocycles. The van der Waals surface area contributed by atoms with Crippen molar-refractivity contribution in [2.24, 2.45) is 5.73 Å². The van der Waals surface area contributed by atoms with Crippen molar-refractivity contribution >= 4 is 17.7 Å². The highest BCUT2D eigenvalue weighted by molar-refractivity contribution is 5.96. The van der Waals surface area contributed by atoms with Crippen LogP contribution in [0.3, 0.4) is 0 Å². The second-order valence-corrected chi connectivity index (χ2v) is 12.6. The van der Waals surface area contributed by atoms with Gasteiger partial charge in [-0.05, 0) is 65.9 Å². The van der Waals surface area contributed by atoms with E-state index in [0.717, 1.165) is 30.5 Å². The van der Waals surface area contributed by atoms with Gasteiger partial charge in [-0.3, -0.25) is 9.78 Å². The highest BCUT2D eigenvalue weighted by atomic mass is 19.4. The number of halogens is 7. The topological polar surface area (TPSA) is 128 Å². The van der Waals surface area contributed by atoms with Gasteiger partial charge < -0.3 is 31.2 Å². The smallest absolute Gasteiger partial charge is 0.412 e. The second kappa shape index (κ2) is 17.7. The van der Waals surface area contributed by atoms with Crippen LogP contribution in [0.5, 0.6) is 0 Å². The van der Waals surface area contributed by atoms with E-state index in [1.807, 2.05) is 0 Å². The van der Waals surface area contributed by atoms with Gasteiger partial charge >= 0.3 is 12.3 Å². The van der Waals surface area contributed by atoms with E-state index in [4.69, 9.17) is 15.2 Å². The number of anilines is 1. The quantitative estimate of drug-likeness (QED) is 0.0858. The van der Waals surface area contributed by atoms with Gasteiger partial charge in [0.25, 0.3) is 0 Å². The van der Waals surface area contributed by atoms with E-state index >= 15 is 4.39 Å². The van der Waals surface area contributed by atoms with Crippen LogP contribution in [-0.2, 0) is 20.7 Å². The highest BCUT2D eigenvalue weighted by Crippen LogP contribution is 2.31. The van der Waals surface area contributed by atoms with Crippen LogP contribution >= 0.6 is 0 Å². The number of ether oxygens (including phenoxy) is 2. The summed E-state index contributed by atoms with van der Waals surface area (Å²) in [4.78, 5) is 29.9. The molecule has 0 bridgehead atoms. The average Bonchev–Trinajstić information content (AvgIpc) is 3.12. The van der Waals surface area contributed by atoms with Crippen LogP contribution in [0.4, 0.5) is 41.2 Å². The molecule has 1 aromatic heterocycles. The molecule has 1 aliphatic rings. The van der Waals surface area contributed by atoms with Crippen molar-refractivity contribution in [2.75, 3.05) is 18.5 Å². The van der Waals surface area contributed by atoms with E-state index in [2.05, 4.69) is 27.5 Å². The van der Waals surface area contributed by atoms with E-state index in [9.17, 15) is 35.9 Å². The van der Waals surface area contributed by atoms with Crippen LogP contribution in [-0.4, -0.2) is 54.5 Å². The summed E-state index contributed by atoms with van der Waals surface area (Å²) in [6.07, 6.45) is -5.14. The number of aromatic nitrogens is 1. The molecule has 286 valence electrons. The number of carbonyl (C=O) groups excluding carboxylic acids is 2. The Morgan fingerprint density at radius 2 is 1.46 bits per heavy atom. The standard InChI is InChI=1S/C38H36F7N5O4/c1-21(54-37(52)50-31(16-38(43,44)45)22-2-8-25(39)9-3-22)33-20-53-28(17-48-33)14-15-29-30(42)18-47-19-32(29)49-36(51)35(46)34(23-4-10-26(40)11-5-23)24-6-12-27(41)13-7-24/h2-13,18-19,28,31,33-35,48H,1,14-17,20,46H2,(H,49,51)(H,50,52). The first-order valence-electron chi connectivity index (χ1n) is 16.7. The monoisotopic (exact) mass is 759 g/mol. The molecule has 16 heteroatoms. The number of benzene rings is 3. The summed E-state index contributed by atoms with van der Waals surface area (Å²) in [6, 6.07) is 11.4. The Kier molecular flexibility index (Phi) is 13.0. The Labute approximate surface area is 305 Å². The van der Waals surface area contributed by atoms with Crippen molar-refractivity contribution in [1.29, 1.82) is 0 Å². The zero-order chi connectivity index (χ0) is 39.0. The molecule has 1 fully saturated rings. The maximum absolute atomic E-state index is 15.1. The lowest BCUT2D eigenvalue weighted by Gasteiger charge is -2.31. The lowest BCUT2D eigenvalue weighted by molar-refractivity contribution is -0.140. The third-order valence-electron chi connectivity index (χ3n) is 8.80. The Bertz CT molecular complexity index is 1860. The molecule has 2 amide bonds. The largest absolute Gasteiger partial charge is 0.414 e. The molecule has 4 atom stereocenters. The van der Waals surface area contributed by atoms with Gasteiger partial charge in [0.2, 0.25) is 5.91 Å². The molecule has 54 heavy (non-hydrogen) atoms. The predicted octanol–water partition coefficient (Wildman–Crippen LogP) is 6.96. The fourth-order valence-corrected chi connectivity index (χ4v) is 6.00. The van der Waals surface area contributed by atoms with Gasteiger partial charge in [0.05, 0.1) is 55.3 Å². The normalized spacial score (nSPS) is 17.1. The third-order valence-corrected chi connectivity index (χ3v) is 8.80. The molecule has 9 nitrogen and oxygen atoms in total. The maximum Gasteiger partial charge on any atom is 0.412 e. The summed E-state index contributed by atoms with van der Waals surface area (Å²) in [6.45, 7) is 3.83. The average molecular weight is 760 g/mol. The summed E-state index contributed by atoms with van der Waals surface area (Å²) >= 11 is 0. The molecule has 2 heterocycles. The first-order chi connectivity index (χ1) is 25.7. The van der Waals surface area contributed by atoms with Gasteiger partial charge in [0.1, 0.15) is 29.0 Å². The molecule has 4 aromatic rings. The van der Waals surface area contributed by atoms with Crippen molar-refractivity contribution < 1.29 is 49.8 Å². The fourth-order valence-electron chi connectivity index (χ4n) is 6.00. The van der Waals surface area contributed by atoms with Crippen molar-refractivity contribution in [3.05, 3.63) is 143 Å². The number of hydrogen-bond acceptors (Lipinski definition) is 7. The Morgan fingerprint density at radius 3 is 1.98 bits per heavy atom. The fraction of sp³-hybridized carbons (Fsp3) is 0.289. The van der Waals surface area contributed by atoms with E-state index in [1.54, 1.807) is 0 Å². The molecule has 0 radical (unpaired) electrons. The maximum atomic E-state index is 15.1. The SMILES string of the molecule is C=C(OC(=O)NC(CC(F)(F)F)c1ccc(F)cc1)C1COC(CCc2c(F)cncc2NC(=O)C(N)C(c2ccc(F)cc2)c2ccc(F)cc2)CN1. The minimum absolute atomic E-state index is 0.0219. The third kappa shape index (κ3) is 10.9. The first-order valence-corrected chi connectivity index (χ1v) is 16.7. The summed E-state index contributed by atoms with van der Waals surface area (Å²) in [5, 5.41) is 7.87. The number of alkyl halides is 3. The van der Waals surface area contributed by atoms with Crippen molar-refractivity contribution in [2.45, 2.75) is 55.6 Å². The minimum atomic E-state index is -4.64. The summed E-state index contributed by atoms with van der Waals surface area (Å²) in [5.74, 6) is -4.00. The number of rotatable bonds is 13. The molecule has 5 N–H and O–H groups in total. The Hall–Kier alpha value is -5.32. The number of alkyl carbamates (subject to hydrolysis) is 1. The molecule has 0 saturated carbocycles. The van der Waals surface area contributed by atoms with Crippen LogP contribution in [0, 0.1) is 23.3 Å². The van der Waals surface area contributed by atoms with Crippen LogP contribution in [0.2, 0.25) is 0 Å². The second-order valence-electron chi connectivity index (χ2n) is 12.6. The number of nitrogens with zero attached hydrogens (tertiary/aromatic N) is 1. The van der Waals surface area contributed by atoms with Gasteiger partial charge in [-0.2, -0.15) is 13.2 Å².